The maximum Gasteiger partial charge on any atom is 0.0900 e. The molecule has 0 aliphatic heterocycles. The van der Waals surface area contributed by atoms with Crippen LogP contribution in [0.2, 0.25) is 0 Å². The van der Waals surface area contributed by atoms with E-state index in [4.69, 9.17) is 10.5 Å². The fourth-order valence-electron chi connectivity index (χ4n) is 2.30. The summed E-state index contributed by atoms with van der Waals surface area (Å²) in [6.07, 6.45) is 3.90. The highest BCUT2D eigenvalue weighted by Crippen LogP contribution is 2.23. The SMILES string of the molecule is CCC(N)C(c1ccncc1)N(C)CC(O)COC. The van der Waals surface area contributed by atoms with Crippen LogP contribution in [0, 0.1) is 0 Å². The minimum atomic E-state index is -0.511. The lowest BCUT2D eigenvalue weighted by Crippen LogP contribution is -2.42. The van der Waals surface area contributed by atoms with E-state index in [2.05, 4.69) is 16.8 Å². The number of methoxy groups -OCH3 is 1. The van der Waals surface area contributed by atoms with Crippen LogP contribution in [0.5, 0.6) is 0 Å². The molecule has 108 valence electrons. The number of hydrogen-bond donors (Lipinski definition) is 2. The third kappa shape index (κ3) is 4.87. The normalized spacial score (nSPS) is 16.3. The molecule has 0 fully saturated rings. The molecule has 0 aliphatic carbocycles. The van der Waals surface area contributed by atoms with Gasteiger partial charge in [0.1, 0.15) is 0 Å². The van der Waals surface area contributed by atoms with E-state index in [9.17, 15) is 5.11 Å². The smallest absolute Gasteiger partial charge is 0.0900 e. The Morgan fingerprint density at radius 2 is 2.05 bits per heavy atom. The first kappa shape index (κ1) is 16.0. The van der Waals surface area contributed by atoms with Crippen molar-refractivity contribution in [2.75, 3.05) is 27.3 Å². The van der Waals surface area contributed by atoms with E-state index >= 15 is 0 Å². The highest BCUT2D eigenvalue weighted by atomic mass is 16.5. The summed E-state index contributed by atoms with van der Waals surface area (Å²) in [5.74, 6) is 0. The Balaban J connectivity index is 2.80. The van der Waals surface area contributed by atoms with Gasteiger partial charge in [0.05, 0.1) is 12.7 Å². The molecule has 0 saturated carbocycles. The van der Waals surface area contributed by atoms with Crippen LogP contribution in [0.4, 0.5) is 0 Å². The lowest BCUT2D eigenvalue weighted by atomic mass is 9.97. The van der Waals surface area contributed by atoms with Crippen molar-refractivity contribution in [3.8, 4) is 0 Å². The molecule has 0 bridgehead atoms. The summed E-state index contributed by atoms with van der Waals surface area (Å²) in [4.78, 5) is 6.11. The summed E-state index contributed by atoms with van der Waals surface area (Å²) < 4.78 is 4.96. The molecule has 3 atom stereocenters. The average molecular weight is 267 g/mol. The van der Waals surface area contributed by atoms with Crippen LogP contribution in [-0.4, -0.2) is 54.4 Å². The fraction of sp³-hybridized carbons (Fsp3) is 0.643. The summed E-state index contributed by atoms with van der Waals surface area (Å²) in [6, 6.07) is 4.03. The number of ether oxygens (including phenoxy) is 1. The van der Waals surface area contributed by atoms with E-state index < -0.39 is 6.10 Å². The fourth-order valence-corrected chi connectivity index (χ4v) is 2.30. The molecule has 0 amide bonds. The highest BCUT2D eigenvalue weighted by molar-refractivity contribution is 5.17. The molecule has 1 heterocycles. The predicted octanol–water partition coefficient (Wildman–Crippen LogP) is 0.799. The van der Waals surface area contributed by atoms with Gasteiger partial charge in [-0.2, -0.15) is 0 Å². The van der Waals surface area contributed by atoms with Gasteiger partial charge < -0.3 is 15.6 Å². The largest absolute Gasteiger partial charge is 0.389 e. The first-order chi connectivity index (χ1) is 9.10. The molecule has 1 rings (SSSR count). The first-order valence-electron chi connectivity index (χ1n) is 6.62. The van der Waals surface area contributed by atoms with Gasteiger partial charge in [-0.15, -0.1) is 0 Å². The van der Waals surface area contributed by atoms with Crippen LogP contribution in [0.3, 0.4) is 0 Å². The second-order valence-electron chi connectivity index (χ2n) is 4.85. The molecule has 0 aromatic carbocycles. The minimum absolute atomic E-state index is 0.0159. The Morgan fingerprint density at radius 1 is 1.42 bits per heavy atom. The molecule has 19 heavy (non-hydrogen) atoms. The van der Waals surface area contributed by atoms with E-state index in [1.165, 1.54) is 0 Å². The number of hydrogen-bond acceptors (Lipinski definition) is 5. The molecular weight excluding hydrogens is 242 g/mol. The number of likely N-dealkylation sites (N-methyl/N-ethyl adjacent to an activating group) is 1. The van der Waals surface area contributed by atoms with Gasteiger partial charge in [-0.3, -0.25) is 9.88 Å². The van der Waals surface area contributed by atoms with E-state index in [1.807, 2.05) is 19.2 Å². The summed E-state index contributed by atoms with van der Waals surface area (Å²) in [6.45, 7) is 2.92. The highest BCUT2D eigenvalue weighted by Gasteiger charge is 2.24. The van der Waals surface area contributed by atoms with Crippen molar-refractivity contribution in [3.63, 3.8) is 0 Å². The lowest BCUT2D eigenvalue weighted by Gasteiger charge is -2.33. The number of nitrogens with two attached hydrogens (primary N) is 1. The molecule has 0 saturated heterocycles. The zero-order valence-corrected chi connectivity index (χ0v) is 12.0. The molecule has 0 radical (unpaired) electrons. The van der Waals surface area contributed by atoms with Crippen molar-refractivity contribution >= 4 is 0 Å². The maximum atomic E-state index is 9.85. The molecule has 1 aromatic rings. The van der Waals surface area contributed by atoms with Crippen molar-refractivity contribution in [2.24, 2.45) is 5.73 Å². The zero-order valence-electron chi connectivity index (χ0n) is 12.0. The third-order valence-corrected chi connectivity index (χ3v) is 3.26. The van der Waals surface area contributed by atoms with Gasteiger partial charge in [-0.05, 0) is 31.2 Å². The van der Waals surface area contributed by atoms with Gasteiger partial charge in [-0.1, -0.05) is 6.92 Å². The lowest BCUT2D eigenvalue weighted by molar-refractivity contribution is 0.0309. The predicted molar refractivity (Wildman–Crippen MR) is 75.8 cm³/mol. The van der Waals surface area contributed by atoms with E-state index in [1.54, 1.807) is 19.5 Å². The van der Waals surface area contributed by atoms with Crippen molar-refractivity contribution in [1.29, 1.82) is 0 Å². The van der Waals surface area contributed by atoms with Gasteiger partial charge in [0.15, 0.2) is 0 Å². The summed E-state index contributed by atoms with van der Waals surface area (Å²) in [5, 5.41) is 9.85. The first-order valence-corrected chi connectivity index (χ1v) is 6.62. The molecule has 3 unspecified atom stereocenters. The maximum absolute atomic E-state index is 9.85. The Labute approximate surface area is 115 Å². The molecule has 5 nitrogen and oxygen atoms in total. The van der Waals surface area contributed by atoms with Gasteiger partial charge in [0, 0.05) is 38.1 Å². The number of aliphatic hydroxyl groups excluding tert-OH is 1. The monoisotopic (exact) mass is 267 g/mol. The minimum Gasteiger partial charge on any atom is -0.389 e. The van der Waals surface area contributed by atoms with Crippen LogP contribution >= 0.6 is 0 Å². The van der Waals surface area contributed by atoms with Gasteiger partial charge in [0.25, 0.3) is 0 Å². The van der Waals surface area contributed by atoms with E-state index in [0.29, 0.717) is 13.2 Å². The molecule has 1 aromatic heterocycles. The third-order valence-electron chi connectivity index (χ3n) is 3.26. The van der Waals surface area contributed by atoms with Gasteiger partial charge >= 0.3 is 0 Å². The number of pyridine rings is 1. The Morgan fingerprint density at radius 3 is 2.58 bits per heavy atom. The molecule has 5 heteroatoms. The van der Waals surface area contributed by atoms with Crippen molar-refractivity contribution in [2.45, 2.75) is 31.5 Å². The standard InChI is InChI=1S/C14H25N3O2/c1-4-13(15)14(11-5-7-16-8-6-11)17(2)9-12(18)10-19-3/h5-8,12-14,18H,4,9-10,15H2,1-3H3. The Bertz CT molecular complexity index is 348. The molecular formula is C14H25N3O2. The second kappa shape index (κ2) is 8.22. The van der Waals surface area contributed by atoms with Gasteiger partial charge in [0.2, 0.25) is 0 Å². The number of aliphatic hydroxyl groups is 1. The van der Waals surface area contributed by atoms with Crippen LogP contribution in [0.15, 0.2) is 24.5 Å². The summed E-state index contributed by atoms with van der Waals surface area (Å²) >= 11 is 0. The molecule has 3 N–H and O–H groups in total. The molecule has 0 aliphatic rings. The van der Waals surface area contributed by atoms with Crippen LogP contribution in [0.1, 0.15) is 24.9 Å². The number of nitrogens with zero attached hydrogens (tertiary/aromatic N) is 2. The van der Waals surface area contributed by atoms with E-state index in [-0.39, 0.29) is 12.1 Å². The van der Waals surface area contributed by atoms with Gasteiger partial charge in [-0.25, -0.2) is 0 Å². The van der Waals surface area contributed by atoms with Crippen LogP contribution in [0.25, 0.3) is 0 Å². The van der Waals surface area contributed by atoms with Crippen LogP contribution in [-0.2, 0) is 4.74 Å². The molecule has 0 spiro atoms. The zero-order chi connectivity index (χ0) is 14.3. The Hall–Kier alpha value is -1.01. The average Bonchev–Trinajstić information content (AvgIpc) is 2.40. The Kier molecular flexibility index (Phi) is 6.94. The number of aromatic nitrogens is 1. The van der Waals surface area contributed by atoms with Crippen molar-refractivity contribution in [3.05, 3.63) is 30.1 Å². The van der Waals surface area contributed by atoms with Crippen molar-refractivity contribution < 1.29 is 9.84 Å². The quantitative estimate of drug-likeness (QED) is 0.729. The summed E-state index contributed by atoms with van der Waals surface area (Å²) in [5.41, 5.74) is 7.35. The topological polar surface area (TPSA) is 71.6 Å². The van der Waals surface area contributed by atoms with Crippen LogP contribution < -0.4 is 5.73 Å². The second-order valence-corrected chi connectivity index (χ2v) is 4.85. The van der Waals surface area contributed by atoms with E-state index in [0.717, 1.165) is 12.0 Å². The summed E-state index contributed by atoms with van der Waals surface area (Å²) in [7, 11) is 3.56. The van der Waals surface area contributed by atoms with Crippen molar-refractivity contribution in [1.82, 2.24) is 9.88 Å². The number of rotatable bonds is 8.